The highest BCUT2D eigenvalue weighted by atomic mass is 32.1. The predicted octanol–water partition coefficient (Wildman–Crippen LogP) is 3.56. The van der Waals surface area contributed by atoms with Crippen LogP contribution in [-0.4, -0.2) is 24.7 Å². The molecule has 0 aliphatic carbocycles. The number of halogens is 2. The van der Waals surface area contributed by atoms with Crippen molar-refractivity contribution in [3.05, 3.63) is 59.8 Å². The molecule has 0 aromatic heterocycles. The van der Waals surface area contributed by atoms with Crippen molar-refractivity contribution in [3.8, 4) is 11.5 Å². The topological polar surface area (TPSA) is 50.8 Å². The molecule has 1 heterocycles. The summed E-state index contributed by atoms with van der Waals surface area (Å²) in [7, 11) is 1.57. The highest BCUT2D eigenvalue weighted by Crippen LogP contribution is 2.25. The van der Waals surface area contributed by atoms with Gasteiger partial charge < -0.3 is 14.8 Å². The molecule has 2 aromatic rings. The van der Waals surface area contributed by atoms with Crippen LogP contribution in [0.25, 0.3) is 6.08 Å². The SMILES string of the molecule is COc1ccc(/C=C2\NC(=S)N(c3ccc(OC(F)F)cc3)C2=O)cc1. The molecule has 1 N–H and O–H groups in total. The second-order valence-corrected chi connectivity index (χ2v) is 5.66. The van der Waals surface area contributed by atoms with E-state index < -0.39 is 6.61 Å². The van der Waals surface area contributed by atoms with Gasteiger partial charge in [-0.15, -0.1) is 0 Å². The number of alkyl halides is 2. The Hall–Kier alpha value is -3.00. The van der Waals surface area contributed by atoms with Gasteiger partial charge in [0, 0.05) is 0 Å². The molecule has 0 unspecified atom stereocenters. The first-order valence-electron chi connectivity index (χ1n) is 7.54. The van der Waals surface area contributed by atoms with Crippen molar-refractivity contribution in [2.75, 3.05) is 12.0 Å². The Kier molecular flexibility index (Phi) is 5.13. The fourth-order valence-electron chi connectivity index (χ4n) is 2.41. The number of amides is 1. The quantitative estimate of drug-likeness (QED) is 0.639. The zero-order valence-electron chi connectivity index (χ0n) is 13.6. The number of carbonyl (C=O) groups excluding carboxylic acids is 1. The molecule has 0 atom stereocenters. The average Bonchev–Trinajstić information content (AvgIpc) is 2.89. The van der Waals surface area contributed by atoms with E-state index >= 15 is 0 Å². The molecule has 1 aliphatic heterocycles. The third kappa shape index (κ3) is 3.80. The van der Waals surface area contributed by atoms with E-state index in [1.807, 2.05) is 12.1 Å². The largest absolute Gasteiger partial charge is 0.497 e. The lowest BCUT2D eigenvalue weighted by Crippen LogP contribution is -2.30. The number of carbonyl (C=O) groups is 1. The molecule has 1 amide bonds. The van der Waals surface area contributed by atoms with Gasteiger partial charge >= 0.3 is 6.61 Å². The van der Waals surface area contributed by atoms with E-state index in [1.165, 1.54) is 29.2 Å². The lowest BCUT2D eigenvalue weighted by Gasteiger charge is -2.14. The van der Waals surface area contributed by atoms with Gasteiger partial charge in [0.2, 0.25) is 0 Å². The zero-order chi connectivity index (χ0) is 18.7. The summed E-state index contributed by atoms with van der Waals surface area (Å²) < 4.78 is 33.8. The third-order valence-electron chi connectivity index (χ3n) is 3.63. The summed E-state index contributed by atoms with van der Waals surface area (Å²) in [6.45, 7) is -2.91. The molecule has 5 nitrogen and oxygen atoms in total. The van der Waals surface area contributed by atoms with Crippen LogP contribution in [0.1, 0.15) is 5.56 Å². The van der Waals surface area contributed by atoms with Gasteiger partial charge in [-0.25, -0.2) is 0 Å². The molecule has 134 valence electrons. The number of rotatable bonds is 5. The molecule has 3 rings (SSSR count). The lowest BCUT2D eigenvalue weighted by molar-refractivity contribution is -0.113. The van der Waals surface area contributed by atoms with Crippen molar-refractivity contribution in [1.29, 1.82) is 0 Å². The van der Waals surface area contributed by atoms with Crippen molar-refractivity contribution in [2.24, 2.45) is 0 Å². The predicted molar refractivity (Wildman–Crippen MR) is 97.3 cm³/mol. The number of nitrogens with zero attached hydrogens (tertiary/aromatic N) is 1. The molecular weight excluding hydrogens is 362 g/mol. The van der Waals surface area contributed by atoms with Crippen LogP contribution >= 0.6 is 12.2 Å². The van der Waals surface area contributed by atoms with Crippen molar-refractivity contribution < 1.29 is 23.0 Å². The highest BCUT2D eigenvalue weighted by molar-refractivity contribution is 7.80. The minimum Gasteiger partial charge on any atom is -0.497 e. The van der Waals surface area contributed by atoms with Gasteiger partial charge in [-0.3, -0.25) is 9.69 Å². The van der Waals surface area contributed by atoms with E-state index in [2.05, 4.69) is 10.1 Å². The summed E-state index contributed by atoms with van der Waals surface area (Å²) in [5.74, 6) is 0.373. The Morgan fingerprint density at radius 2 is 1.69 bits per heavy atom. The summed E-state index contributed by atoms with van der Waals surface area (Å²) in [5, 5.41) is 3.07. The van der Waals surface area contributed by atoms with Crippen LogP contribution in [0.2, 0.25) is 0 Å². The maximum absolute atomic E-state index is 12.6. The van der Waals surface area contributed by atoms with Gasteiger partial charge in [0.25, 0.3) is 5.91 Å². The zero-order valence-corrected chi connectivity index (χ0v) is 14.4. The van der Waals surface area contributed by atoms with Crippen LogP contribution in [0.3, 0.4) is 0 Å². The first-order chi connectivity index (χ1) is 12.5. The van der Waals surface area contributed by atoms with Crippen LogP contribution in [0.4, 0.5) is 14.5 Å². The van der Waals surface area contributed by atoms with Gasteiger partial charge in [0.1, 0.15) is 17.2 Å². The highest BCUT2D eigenvalue weighted by Gasteiger charge is 2.31. The van der Waals surface area contributed by atoms with Crippen LogP contribution in [0.5, 0.6) is 11.5 Å². The maximum atomic E-state index is 12.6. The average molecular weight is 376 g/mol. The molecule has 8 heteroatoms. The second kappa shape index (κ2) is 7.49. The van der Waals surface area contributed by atoms with Crippen LogP contribution in [0, 0.1) is 0 Å². The number of thiocarbonyl (C=S) groups is 1. The van der Waals surface area contributed by atoms with Crippen LogP contribution in [-0.2, 0) is 4.79 Å². The van der Waals surface area contributed by atoms with E-state index in [0.717, 1.165) is 5.56 Å². The number of nitrogens with one attached hydrogen (secondary N) is 1. The molecule has 0 bridgehead atoms. The minimum atomic E-state index is -2.91. The first kappa shape index (κ1) is 17.8. The smallest absolute Gasteiger partial charge is 0.387 e. The summed E-state index contributed by atoms with van der Waals surface area (Å²) in [5.41, 5.74) is 1.56. The number of anilines is 1. The molecule has 1 aliphatic rings. The Morgan fingerprint density at radius 3 is 2.27 bits per heavy atom. The van der Waals surface area contributed by atoms with Gasteiger partial charge in [0.15, 0.2) is 5.11 Å². The number of methoxy groups -OCH3 is 1. The number of benzene rings is 2. The van der Waals surface area contributed by atoms with E-state index in [4.69, 9.17) is 17.0 Å². The molecular formula is C18H14F2N2O3S. The molecule has 1 fully saturated rings. The van der Waals surface area contributed by atoms with Gasteiger partial charge in [0.05, 0.1) is 12.8 Å². The maximum Gasteiger partial charge on any atom is 0.387 e. The normalized spacial score (nSPS) is 15.5. The minimum absolute atomic E-state index is 0.00303. The van der Waals surface area contributed by atoms with E-state index in [-0.39, 0.29) is 16.8 Å². The van der Waals surface area contributed by atoms with Gasteiger partial charge in [-0.2, -0.15) is 8.78 Å². The standard InChI is InChI=1S/C18H14F2N2O3S/c1-24-13-6-2-11(3-7-13)10-15-16(23)22(18(26)21-15)12-4-8-14(9-5-12)25-17(19)20/h2-10,17H,1H3,(H,21,26)/b15-10-. The summed E-state index contributed by atoms with van der Waals surface area (Å²) in [6.07, 6.45) is 1.67. The molecule has 26 heavy (non-hydrogen) atoms. The van der Waals surface area contributed by atoms with Crippen LogP contribution < -0.4 is 19.7 Å². The molecule has 0 radical (unpaired) electrons. The fraction of sp³-hybridized carbons (Fsp3) is 0.111. The van der Waals surface area contributed by atoms with Crippen molar-refractivity contribution in [3.63, 3.8) is 0 Å². The monoisotopic (exact) mass is 376 g/mol. The Bertz CT molecular complexity index is 852. The molecule has 2 aromatic carbocycles. The summed E-state index contributed by atoms with van der Waals surface area (Å²) in [4.78, 5) is 13.9. The Morgan fingerprint density at radius 1 is 1.08 bits per heavy atom. The third-order valence-corrected chi connectivity index (χ3v) is 3.91. The molecule has 1 saturated heterocycles. The first-order valence-corrected chi connectivity index (χ1v) is 7.95. The van der Waals surface area contributed by atoms with Crippen molar-refractivity contribution in [1.82, 2.24) is 5.32 Å². The van der Waals surface area contributed by atoms with Crippen LogP contribution in [0.15, 0.2) is 54.2 Å². The van der Waals surface area contributed by atoms with E-state index in [1.54, 1.807) is 25.3 Å². The molecule has 0 spiro atoms. The Labute approximate surface area is 153 Å². The van der Waals surface area contributed by atoms with Gasteiger partial charge in [-0.05, 0) is 60.3 Å². The van der Waals surface area contributed by atoms with Crippen molar-refractivity contribution >= 4 is 35.0 Å². The second-order valence-electron chi connectivity index (χ2n) is 5.27. The van der Waals surface area contributed by atoms with E-state index in [9.17, 15) is 13.6 Å². The number of hydrogen-bond donors (Lipinski definition) is 1. The van der Waals surface area contributed by atoms with Gasteiger partial charge in [-0.1, -0.05) is 12.1 Å². The Balaban J connectivity index is 1.80. The molecule has 0 saturated carbocycles. The lowest BCUT2D eigenvalue weighted by atomic mass is 10.2. The van der Waals surface area contributed by atoms with Crippen molar-refractivity contribution in [2.45, 2.75) is 6.61 Å². The van der Waals surface area contributed by atoms with E-state index in [0.29, 0.717) is 17.1 Å². The number of hydrogen-bond acceptors (Lipinski definition) is 4. The number of ether oxygens (including phenoxy) is 2. The summed E-state index contributed by atoms with van der Waals surface area (Å²) in [6, 6.07) is 12.9. The summed E-state index contributed by atoms with van der Waals surface area (Å²) >= 11 is 5.22. The fourth-order valence-corrected chi connectivity index (χ4v) is 2.71.